The quantitative estimate of drug-likeness (QED) is 0.469. The first-order chi connectivity index (χ1) is 15.0. The van der Waals surface area contributed by atoms with Gasteiger partial charge in [0, 0.05) is 22.9 Å². The lowest BCUT2D eigenvalue weighted by atomic mass is 9.95. The standard InChI is InChI=1S/C25H26N4O2/c1-4-22(30)26-21-12-10-17(11-13-21)20-7-5-6-19(14-20)15(2)25(31)27-24-16(3)23(28-29-24)18-8-9-18/h4-7,10-15,18H,1,8-9H2,2-3H3,(H,26,30)(H2,27,28,29,31). The lowest BCUT2D eigenvalue weighted by molar-refractivity contribution is -0.117. The summed E-state index contributed by atoms with van der Waals surface area (Å²) in [7, 11) is 0. The predicted octanol–water partition coefficient (Wildman–Crippen LogP) is 5.13. The first-order valence-electron chi connectivity index (χ1n) is 10.5. The minimum absolute atomic E-state index is 0.0865. The van der Waals surface area contributed by atoms with Crippen LogP contribution in [0.3, 0.4) is 0 Å². The number of rotatable bonds is 7. The van der Waals surface area contributed by atoms with Gasteiger partial charge in [0.25, 0.3) is 0 Å². The first-order valence-corrected chi connectivity index (χ1v) is 10.5. The van der Waals surface area contributed by atoms with Crippen molar-refractivity contribution in [1.29, 1.82) is 0 Å². The molecule has 1 atom stereocenters. The molecule has 6 heteroatoms. The molecule has 0 spiro atoms. The van der Waals surface area contributed by atoms with Gasteiger partial charge in [0.2, 0.25) is 11.8 Å². The van der Waals surface area contributed by atoms with Gasteiger partial charge in [-0.15, -0.1) is 0 Å². The Kier molecular flexibility index (Phi) is 5.71. The van der Waals surface area contributed by atoms with Crippen molar-refractivity contribution >= 4 is 23.3 Å². The molecule has 0 saturated heterocycles. The van der Waals surface area contributed by atoms with E-state index < -0.39 is 0 Å². The highest BCUT2D eigenvalue weighted by Crippen LogP contribution is 2.41. The van der Waals surface area contributed by atoms with Gasteiger partial charge in [-0.25, -0.2) is 0 Å². The van der Waals surface area contributed by atoms with Crippen molar-refractivity contribution in [2.45, 2.75) is 38.5 Å². The summed E-state index contributed by atoms with van der Waals surface area (Å²) in [6, 6.07) is 15.5. The molecule has 0 aliphatic heterocycles. The Balaban J connectivity index is 1.47. The van der Waals surface area contributed by atoms with Gasteiger partial charge in [0.05, 0.1) is 5.92 Å². The summed E-state index contributed by atoms with van der Waals surface area (Å²) >= 11 is 0. The first kappa shape index (κ1) is 20.6. The molecule has 0 radical (unpaired) electrons. The Labute approximate surface area is 181 Å². The van der Waals surface area contributed by atoms with Crippen LogP contribution in [0.4, 0.5) is 11.5 Å². The van der Waals surface area contributed by atoms with Crippen LogP contribution in [-0.4, -0.2) is 22.0 Å². The smallest absolute Gasteiger partial charge is 0.247 e. The van der Waals surface area contributed by atoms with E-state index in [1.165, 1.54) is 18.9 Å². The molecule has 1 aromatic heterocycles. The molecule has 1 heterocycles. The average Bonchev–Trinajstić information content (AvgIpc) is 3.57. The van der Waals surface area contributed by atoms with E-state index in [9.17, 15) is 9.59 Å². The van der Waals surface area contributed by atoms with Gasteiger partial charge >= 0.3 is 0 Å². The van der Waals surface area contributed by atoms with E-state index in [1.807, 2.05) is 62.4 Å². The molecule has 1 aliphatic carbocycles. The number of carbonyl (C=O) groups excluding carboxylic acids is 2. The van der Waals surface area contributed by atoms with Crippen LogP contribution in [0, 0.1) is 6.92 Å². The van der Waals surface area contributed by atoms with E-state index in [4.69, 9.17) is 0 Å². The van der Waals surface area contributed by atoms with Gasteiger partial charge in [0.15, 0.2) is 5.82 Å². The summed E-state index contributed by atoms with van der Waals surface area (Å²) in [5, 5.41) is 13.1. The summed E-state index contributed by atoms with van der Waals surface area (Å²) in [5.41, 5.74) is 5.80. The molecule has 1 saturated carbocycles. The molecule has 6 nitrogen and oxygen atoms in total. The van der Waals surface area contributed by atoms with Crippen LogP contribution in [0.1, 0.15) is 48.4 Å². The number of H-pyrrole nitrogens is 1. The largest absolute Gasteiger partial charge is 0.323 e. The molecule has 4 rings (SSSR count). The number of anilines is 2. The Bertz CT molecular complexity index is 1130. The van der Waals surface area contributed by atoms with E-state index in [-0.39, 0.29) is 17.7 Å². The van der Waals surface area contributed by atoms with Crippen molar-refractivity contribution in [3.63, 3.8) is 0 Å². The van der Waals surface area contributed by atoms with E-state index in [2.05, 4.69) is 27.4 Å². The minimum atomic E-state index is -0.327. The van der Waals surface area contributed by atoms with Crippen LogP contribution in [0.25, 0.3) is 11.1 Å². The number of amides is 2. The Morgan fingerprint density at radius 1 is 1.13 bits per heavy atom. The molecule has 0 bridgehead atoms. The number of hydrogen-bond donors (Lipinski definition) is 3. The Morgan fingerprint density at radius 3 is 2.55 bits per heavy atom. The van der Waals surface area contributed by atoms with Crippen molar-refractivity contribution < 1.29 is 9.59 Å². The predicted molar refractivity (Wildman–Crippen MR) is 123 cm³/mol. The molecular weight excluding hydrogens is 388 g/mol. The van der Waals surface area contributed by atoms with Crippen molar-refractivity contribution in [3.05, 3.63) is 78.0 Å². The maximum atomic E-state index is 12.9. The van der Waals surface area contributed by atoms with Crippen LogP contribution < -0.4 is 10.6 Å². The molecule has 3 N–H and O–H groups in total. The van der Waals surface area contributed by atoms with Crippen molar-refractivity contribution in [3.8, 4) is 11.1 Å². The maximum Gasteiger partial charge on any atom is 0.247 e. The second kappa shape index (κ2) is 8.60. The third-order valence-corrected chi connectivity index (χ3v) is 5.73. The maximum absolute atomic E-state index is 12.9. The molecule has 158 valence electrons. The van der Waals surface area contributed by atoms with E-state index in [0.29, 0.717) is 17.4 Å². The monoisotopic (exact) mass is 414 g/mol. The molecule has 2 aromatic carbocycles. The Hall–Kier alpha value is -3.67. The van der Waals surface area contributed by atoms with Gasteiger partial charge in [-0.05, 0) is 61.6 Å². The van der Waals surface area contributed by atoms with Crippen LogP contribution >= 0.6 is 0 Å². The molecular formula is C25H26N4O2. The lowest BCUT2D eigenvalue weighted by Crippen LogP contribution is -2.19. The van der Waals surface area contributed by atoms with Crippen molar-refractivity contribution in [1.82, 2.24) is 10.2 Å². The number of hydrogen-bond acceptors (Lipinski definition) is 3. The molecule has 2 amide bonds. The molecule has 1 fully saturated rings. The highest BCUT2D eigenvalue weighted by molar-refractivity contribution is 5.99. The van der Waals surface area contributed by atoms with E-state index >= 15 is 0 Å². The number of nitrogens with one attached hydrogen (secondary N) is 3. The van der Waals surface area contributed by atoms with E-state index in [0.717, 1.165) is 27.9 Å². The fourth-order valence-electron chi connectivity index (χ4n) is 3.61. The van der Waals surface area contributed by atoms with Crippen LogP contribution in [0.5, 0.6) is 0 Å². The lowest BCUT2D eigenvalue weighted by Gasteiger charge is -2.13. The van der Waals surface area contributed by atoms with Crippen LogP contribution in [-0.2, 0) is 9.59 Å². The summed E-state index contributed by atoms with van der Waals surface area (Å²) in [4.78, 5) is 24.3. The summed E-state index contributed by atoms with van der Waals surface area (Å²) in [6.07, 6.45) is 3.60. The van der Waals surface area contributed by atoms with Gasteiger partial charge in [-0.1, -0.05) is 43.0 Å². The second-order valence-electron chi connectivity index (χ2n) is 7.99. The Morgan fingerprint density at radius 2 is 1.87 bits per heavy atom. The van der Waals surface area contributed by atoms with Crippen LogP contribution in [0.2, 0.25) is 0 Å². The molecule has 3 aromatic rings. The van der Waals surface area contributed by atoms with Gasteiger partial charge < -0.3 is 10.6 Å². The van der Waals surface area contributed by atoms with Gasteiger partial charge in [-0.2, -0.15) is 5.10 Å². The average molecular weight is 415 g/mol. The van der Waals surface area contributed by atoms with Crippen molar-refractivity contribution in [2.24, 2.45) is 0 Å². The van der Waals surface area contributed by atoms with E-state index in [1.54, 1.807) is 0 Å². The zero-order chi connectivity index (χ0) is 22.0. The zero-order valence-corrected chi connectivity index (χ0v) is 17.7. The molecule has 1 aliphatic rings. The fourth-order valence-corrected chi connectivity index (χ4v) is 3.61. The number of carbonyl (C=O) groups is 2. The zero-order valence-electron chi connectivity index (χ0n) is 17.7. The van der Waals surface area contributed by atoms with Crippen molar-refractivity contribution in [2.75, 3.05) is 10.6 Å². The minimum Gasteiger partial charge on any atom is -0.323 e. The highest BCUT2D eigenvalue weighted by atomic mass is 16.2. The summed E-state index contributed by atoms with van der Waals surface area (Å²) < 4.78 is 0. The highest BCUT2D eigenvalue weighted by Gasteiger charge is 2.29. The number of benzene rings is 2. The topological polar surface area (TPSA) is 86.9 Å². The SMILES string of the molecule is C=CC(=O)Nc1ccc(-c2cccc(C(C)C(=O)Nc3n[nH]c(C4CC4)c3C)c2)cc1. The van der Waals surface area contributed by atoms with Gasteiger partial charge in [-0.3, -0.25) is 14.7 Å². The third kappa shape index (κ3) is 4.58. The fraction of sp³-hybridized carbons (Fsp3) is 0.240. The van der Waals surface area contributed by atoms with Crippen LogP contribution in [0.15, 0.2) is 61.2 Å². The molecule has 1 unspecified atom stereocenters. The number of aromatic amines is 1. The summed E-state index contributed by atoms with van der Waals surface area (Å²) in [5.74, 6) is 0.518. The number of nitrogens with zero attached hydrogens (tertiary/aromatic N) is 1. The normalized spacial score (nSPS) is 14.0. The number of aromatic nitrogens is 2. The van der Waals surface area contributed by atoms with Gasteiger partial charge in [0.1, 0.15) is 0 Å². The summed E-state index contributed by atoms with van der Waals surface area (Å²) in [6.45, 7) is 7.35. The second-order valence-corrected chi connectivity index (χ2v) is 7.99. The third-order valence-electron chi connectivity index (χ3n) is 5.73. The molecule has 31 heavy (non-hydrogen) atoms.